The van der Waals surface area contributed by atoms with Crippen LogP contribution in [-0.4, -0.2) is 31.0 Å². The Labute approximate surface area is 147 Å². The van der Waals surface area contributed by atoms with E-state index in [2.05, 4.69) is 0 Å². The number of rotatable bonds is 7. The predicted molar refractivity (Wildman–Crippen MR) is 95.9 cm³/mol. The molecule has 0 saturated carbocycles. The van der Waals surface area contributed by atoms with E-state index in [1.54, 1.807) is 29.2 Å². The highest BCUT2D eigenvalue weighted by atomic mass is 32.2. The average molecular weight is 367 g/mol. The Bertz CT molecular complexity index is 783. The molecule has 0 aliphatic carbocycles. The van der Waals surface area contributed by atoms with Gasteiger partial charge in [0.25, 0.3) is 5.91 Å². The van der Waals surface area contributed by atoms with Crippen molar-refractivity contribution in [1.82, 2.24) is 4.90 Å². The standard InChI is InChI=1S/C17H21NO4S2/c1-4-24(20,21)22-15-8-5-7-14(11-15)12-18(13(2)3)17(19)16-9-6-10-23-16/h5-11,13H,4,12H2,1-3H3. The summed E-state index contributed by atoms with van der Waals surface area (Å²) < 4.78 is 28.2. The molecule has 0 aliphatic heterocycles. The lowest BCUT2D eigenvalue weighted by molar-refractivity contribution is 0.0695. The van der Waals surface area contributed by atoms with Gasteiger partial charge in [0.15, 0.2) is 0 Å². The maximum absolute atomic E-state index is 12.6. The van der Waals surface area contributed by atoms with E-state index in [4.69, 9.17) is 4.18 Å². The number of nitrogens with zero attached hydrogens (tertiary/aromatic N) is 1. The van der Waals surface area contributed by atoms with Crippen LogP contribution in [0.3, 0.4) is 0 Å². The highest BCUT2D eigenvalue weighted by molar-refractivity contribution is 7.87. The predicted octanol–water partition coefficient (Wildman–Crippen LogP) is 3.53. The second-order valence-corrected chi connectivity index (χ2v) is 8.39. The minimum absolute atomic E-state index is 0.0172. The Hall–Kier alpha value is -1.86. The topological polar surface area (TPSA) is 63.7 Å². The molecule has 2 rings (SSSR count). The fourth-order valence-electron chi connectivity index (χ4n) is 2.13. The fourth-order valence-corrected chi connectivity index (χ4v) is 3.32. The molecule has 2 aromatic rings. The molecule has 0 unspecified atom stereocenters. The van der Waals surface area contributed by atoms with E-state index in [-0.39, 0.29) is 23.5 Å². The van der Waals surface area contributed by atoms with E-state index in [1.165, 1.54) is 18.3 Å². The summed E-state index contributed by atoms with van der Waals surface area (Å²) in [4.78, 5) is 15.1. The zero-order chi connectivity index (χ0) is 17.7. The van der Waals surface area contributed by atoms with Crippen molar-refractivity contribution >= 4 is 27.4 Å². The lowest BCUT2D eigenvalue weighted by Crippen LogP contribution is -2.35. The summed E-state index contributed by atoms with van der Waals surface area (Å²) in [7, 11) is -3.56. The van der Waals surface area contributed by atoms with Crippen molar-refractivity contribution in [1.29, 1.82) is 0 Å². The molecule has 130 valence electrons. The number of carbonyl (C=O) groups is 1. The van der Waals surface area contributed by atoms with E-state index in [9.17, 15) is 13.2 Å². The molecule has 0 atom stereocenters. The molecule has 0 bridgehead atoms. The van der Waals surface area contributed by atoms with Crippen LogP contribution in [0.4, 0.5) is 0 Å². The van der Waals surface area contributed by atoms with Crippen LogP contribution in [0.25, 0.3) is 0 Å². The van der Waals surface area contributed by atoms with E-state index in [0.29, 0.717) is 11.4 Å². The maximum atomic E-state index is 12.6. The van der Waals surface area contributed by atoms with Crippen molar-refractivity contribution in [2.75, 3.05) is 5.75 Å². The molecule has 5 nitrogen and oxygen atoms in total. The molecule has 1 amide bonds. The van der Waals surface area contributed by atoms with Crippen LogP contribution in [0.5, 0.6) is 5.75 Å². The van der Waals surface area contributed by atoms with Crippen LogP contribution in [-0.2, 0) is 16.7 Å². The van der Waals surface area contributed by atoms with Crippen LogP contribution in [0.1, 0.15) is 36.0 Å². The van der Waals surface area contributed by atoms with Gasteiger partial charge in [-0.25, -0.2) is 0 Å². The van der Waals surface area contributed by atoms with Gasteiger partial charge < -0.3 is 9.08 Å². The van der Waals surface area contributed by atoms with Crippen LogP contribution in [0, 0.1) is 0 Å². The third kappa shape index (κ3) is 4.82. The summed E-state index contributed by atoms with van der Waals surface area (Å²) in [5.41, 5.74) is 0.817. The molecule has 0 saturated heterocycles. The molecule has 0 fully saturated rings. The molecule has 0 N–H and O–H groups in total. The molecule has 0 radical (unpaired) electrons. The van der Waals surface area contributed by atoms with Crippen molar-refractivity contribution in [3.05, 3.63) is 52.2 Å². The Morgan fingerprint density at radius 2 is 2.00 bits per heavy atom. The van der Waals surface area contributed by atoms with E-state index in [1.807, 2.05) is 31.4 Å². The van der Waals surface area contributed by atoms with Crippen LogP contribution in [0.2, 0.25) is 0 Å². The Morgan fingerprint density at radius 3 is 2.58 bits per heavy atom. The Balaban J connectivity index is 2.20. The van der Waals surface area contributed by atoms with Crippen LogP contribution < -0.4 is 4.18 Å². The molecule has 24 heavy (non-hydrogen) atoms. The van der Waals surface area contributed by atoms with Gasteiger partial charge in [0.1, 0.15) is 5.75 Å². The number of hydrogen-bond donors (Lipinski definition) is 0. The Kier molecular flexibility index (Phi) is 6.01. The van der Waals surface area contributed by atoms with Gasteiger partial charge in [-0.3, -0.25) is 4.79 Å². The average Bonchev–Trinajstić information content (AvgIpc) is 3.06. The minimum atomic E-state index is -3.56. The number of carbonyl (C=O) groups excluding carboxylic acids is 1. The quantitative estimate of drug-likeness (QED) is 0.702. The highest BCUT2D eigenvalue weighted by Crippen LogP contribution is 2.20. The Morgan fingerprint density at radius 1 is 1.25 bits per heavy atom. The summed E-state index contributed by atoms with van der Waals surface area (Å²) in [5.74, 6) is 0.140. The minimum Gasteiger partial charge on any atom is -0.382 e. The van der Waals surface area contributed by atoms with Crippen LogP contribution in [0.15, 0.2) is 41.8 Å². The van der Waals surface area contributed by atoms with E-state index in [0.717, 1.165) is 5.56 Å². The van der Waals surface area contributed by atoms with Crippen LogP contribution >= 0.6 is 11.3 Å². The van der Waals surface area contributed by atoms with Gasteiger partial charge >= 0.3 is 10.1 Å². The van der Waals surface area contributed by atoms with E-state index >= 15 is 0 Å². The van der Waals surface area contributed by atoms with Gasteiger partial charge in [-0.1, -0.05) is 18.2 Å². The number of thiophene rings is 1. The molecular formula is C17H21NO4S2. The molecule has 1 aromatic heterocycles. The van der Waals surface area contributed by atoms with Crippen molar-refractivity contribution in [2.24, 2.45) is 0 Å². The van der Waals surface area contributed by atoms with Gasteiger partial charge in [0.2, 0.25) is 0 Å². The van der Waals surface area contributed by atoms with Gasteiger partial charge in [0, 0.05) is 12.6 Å². The molecule has 1 aromatic carbocycles. The number of amides is 1. The summed E-state index contributed by atoms with van der Waals surface area (Å²) in [6, 6.07) is 10.5. The zero-order valence-electron chi connectivity index (χ0n) is 13.9. The highest BCUT2D eigenvalue weighted by Gasteiger charge is 2.20. The summed E-state index contributed by atoms with van der Waals surface area (Å²) in [6.45, 7) is 5.82. The lowest BCUT2D eigenvalue weighted by Gasteiger charge is -2.26. The molecule has 1 heterocycles. The van der Waals surface area contributed by atoms with Crippen molar-refractivity contribution in [3.63, 3.8) is 0 Å². The number of hydrogen-bond acceptors (Lipinski definition) is 5. The lowest BCUT2D eigenvalue weighted by atomic mass is 10.1. The summed E-state index contributed by atoms with van der Waals surface area (Å²) >= 11 is 1.41. The molecular weight excluding hydrogens is 346 g/mol. The third-order valence-corrected chi connectivity index (χ3v) is 5.46. The first-order valence-corrected chi connectivity index (χ1v) is 10.1. The zero-order valence-corrected chi connectivity index (χ0v) is 15.6. The monoisotopic (exact) mass is 367 g/mol. The van der Waals surface area contributed by atoms with Crippen molar-refractivity contribution in [2.45, 2.75) is 33.4 Å². The van der Waals surface area contributed by atoms with Gasteiger partial charge in [-0.2, -0.15) is 8.42 Å². The SMILES string of the molecule is CCS(=O)(=O)Oc1cccc(CN(C(=O)c2cccs2)C(C)C)c1. The smallest absolute Gasteiger partial charge is 0.308 e. The molecule has 0 spiro atoms. The first-order chi connectivity index (χ1) is 11.3. The third-order valence-electron chi connectivity index (χ3n) is 3.44. The fraction of sp³-hybridized carbons (Fsp3) is 0.353. The van der Waals surface area contributed by atoms with Crippen molar-refractivity contribution < 1.29 is 17.4 Å². The normalized spacial score (nSPS) is 11.5. The van der Waals surface area contributed by atoms with E-state index < -0.39 is 10.1 Å². The largest absolute Gasteiger partial charge is 0.382 e. The first kappa shape index (κ1) is 18.5. The second-order valence-electron chi connectivity index (χ2n) is 5.58. The number of benzene rings is 1. The van der Waals surface area contributed by atoms with Crippen molar-refractivity contribution in [3.8, 4) is 5.75 Å². The molecule has 7 heteroatoms. The second kappa shape index (κ2) is 7.81. The summed E-state index contributed by atoms with van der Waals surface area (Å²) in [6.07, 6.45) is 0. The van der Waals surface area contributed by atoms with Gasteiger partial charge in [-0.05, 0) is 49.9 Å². The summed E-state index contributed by atoms with van der Waals surface area (Å²) in [5, 5.41) is 1.87. The molecule has 0 aliphatic rings. The van der Waals surface area contributed by atoms with Gasteiger partial charge in [0.05, 0.1) is 10.6 Å². The van der Waals surface area contributed by atoms with Gasteiger partial charge in [-0.15, -0.1) is 11.3 Å². The first-order valence-electron chi connectivity index (χ1n) is 7.68. The maximum Gasteiger partial charge on any atom is 0.308 e.